The lowest BCUT2D eigenvalue weighted by molar-refractivity contribution is 0.414. The van der Waals surface area contributed by atoms with Crippen molar-refractivity contribution in [3.63, 3.8) is 0 Å². The Balaban J connectivity index is 1.68. The summed E-state index contributed by atoms with van der Waals surface area (Å²) >= 11 is 0. The third-order valence-electron chi connectivity index (χ3n) is 3.95. The molecule has 0 saturated carbocycles. The fourth-order valence-electron chi connectivity index (χ4n) is 2.59. The molecule has 0 spiro atoms. The summed E-state index contributed by atoms with van der Waals surface area (Å²) in [5, 5.41) is 1.04. The smallest absolute Gasteiger partial charge is 0.138 e. The molecule has 3 heterocycles. The highest BCUT2D eigenvalue weighted by Gasteiger charge is 2.08. The average molecular weight is 316 g/mol. The fraction of sp³-hybridized carbons (Fsp3) is 0.100. The number of hydrogen-bond acceptors (Lipinski definition) is 4. The molecular formula is C20H16N2O2. The van der Waals surface area contributed by atoms with Crippen molar-refractivity contribution in [2.24, 2.45) is 0 Å². The van der Waals surface area contributed by atoms with E-state index in [0.717, 1.165) is 45.0 Å². The van der Waals surface area contributed by atoms with E-state index in [2.05, 4.69) is 9.97 Å². The first-order chi connectivity index (χ1) is 11.7. The van der Waals surface area contributed by atoms with Gasteiger partial charge >= 0.3 is 0 Å². The molecule has 0 fully saturated rings. The number of aromatic nitrogens is 2. The van der Waals surface area contributed by atoms with Crippen molar-refractivity contribution in [2.75, 3.05) is 7.11 Å². The van der Waals surface area contributed by atoms with E-state index in [1.165, 1.54) is 0 Å². The Bertz CT molecular complexity index is 987. The molecule has 1 aromatic carbocycles. The number of nitrogens with zero attached hydrogens (tertiary/aromatic N) is 2. The van der Waals surface area contributed by atoms with Crippen LogP contribution in [0.15, 0.2) is 65.3 Å². The SMILES string of the molecule is COc1ccc2cc(-c3ccc(-c4ccc(C)cn4)nc3)oc2c1. The van der Waals surface area contributed by atoms with Crippen molar-refractivity contribution in [2.45, 2.75) is 6.92 Å². The van der Waals surface area contributed by atoms with Crippen molar-refractivity contribution >= 4 is 11.0 Å². The van der Waals surface area contributed by atoms with Crippen LogP contribution in [0.1, 0.15) is 5.56 Å². The van der Waals surface area contributed by atoms with E-state index >= 15 is 0 Å². The van der Waals surface area contributed by atoms with Crippen molar-refractivity contribution in [1.82, 2.24) is 9.97 Å². The molecule has 4 rings (SSSR count). The van der Waals surface area contributed by atoms with Gasteiger partial charge in [0.2, 0.25) is 0 Å². The average Bonchev–Trinajstić information content (AvgIpc) is 3.05. The van der Waals surface area contributed by atoms with E-state index < -0.39 is 0 Å². The zero-order valence-electron chi connectivity index (χ0n) is 13.5. The molecular weight excluding hydrogens is 300 g/mol. The Hall–Kier alpha value is -3.14. The van der Waals surface area contributed by atoms with E-state index in [1.54, 1.807) is 7.11 Å². The number of aryl methyl sites for hydroxylation is 1. The van der Waals surface area contributed by atoms with Gasteiger partial charge in [-0.05, 0) is 48.9 Å². The highest BCUT2D eigenvalue weighted by molar-refractivity contribution is 5.84. The second-order valence-electron chi connectivity index (χ2n) is 5.67. The summed E-state index contributed by atoms with van der Waals surface area (Å²) in [7, 11) is 1.65. The lowest BCUT2D eigenvalue weighted by atomic mass is 10.1. The van der Waals surface area contributed by atoms with Gasteiger partial charge in [0.15, 0.2) is 0 Å². The maximum atomic E-state index is 5.92. The first-order valence-electron chi connectivity index (χ1n) is 7.70. The summed E-state index contributed by atoms with van der Waals surface area (Å²) in [6.45, 7) is 2.02. The van der Waals surface area contributed by atoms with Crippen molar-refractivity contribution in [3.05, 3.63) is 66.5 Å². The number of pyridine rings is 2. The van der Waals surface area contributed by atoms with Gasteiger partial charge in [0.05, 0.1) is 18.5 Å². The monoisotopic (exact) mass is 316 g/mol. The van der Waals surface area contributed by atoms with Crippen LogP contribution in [0.25, 0.3) is 33.7 Å². The summed E-state index contributed by atoms with van der Waals surface area (Å²) in [6.07, 6.45) is 3.66. The lowest BCUT2D eigenvalue weighted by Gasteiger charge is -2.02. The minimum absolute atomic E-state index is 0.780. The van der Waals surface area contributed by atoms with Crippen LogP contribution in [0, 0.1) is 6.92 Å². The normalized spacial score (nSPS) is 10.9. The molecule has 0 radical (unpaired) electrons. The largest absolute Gasteiger partial charge is 0.497 e. The number of hydrogen-bond donors (Lipinski definition) is 0. The van der Waals surface area contributed by atoms with Gasteiger partial charge in [-0.3, -0.25) is 9.97 Å². The van der Waals surface area contributed by atoms with Gasteiger partial charge < -0.3 is 9.15 Å². The molecule has 0 N–H and O–H groups in total. The van der Waals surface area contributed by atoms with Gasteiger partial charge in [-0.25, -0.2) is 0 Å². The molecule has 3 aromatic heterocycles. The van der Waals surface area contributed by atoms with Crippen LogP contribution >= 0.6 is 0 Å². The lowest BCUT2D eigenvalue weighted by Crippen LogP contribution is -1.88. The molecule has 4 aromatic rings. The molecule has 24 heavy (non-hydrogen) atoms. The van der Waals surface area contributed by atoms with E-state index in [4.69, 9.17) is 9.15 Å². The zero-order valence-corrected chi connectivity index (χ0v) is 13.5. The third kappa shape index (κ3) is 2.63. The maximum Gasteiger partial charge on any atom is 0.138 e. The molecule has 0 atom stereocenters. The molecule has 0 bridgehead atoms. The van der Waals surface area contributed by atoms with Crippen molar-refractivity contribution in [3.8, 4) is 28.5 Å². The molecule has 118 valence electrons. The molecule has 0 aliphatic rings. The van der Waals surface area contributed by atoms with Crippen molar-refractivity contribution in [1.29, 1.82) is 0 Å². The summed E-state index contributed by atoms with van der Waals surface area (Å²) in [4.78, 5) is 8.92. The van der Waals surface area contributed by atoms with Gasteiger partial charge in [0.25, 0.3) is 0 Å². The molecule has 0 unspecified atom stereocenters. The number of methoxy groups -OCH3 is 1. The summed E-state index contributed by atoms with van der Waals surface area (Å²) in [5.74, 6) is 1.57. The first kappa shape index (κ1) is 14.5. The van der Waals surface area contributed by atoms with Crippen LogP contribution in [0.3, 0.4) is 0 Å². The maximum absolute atomic E-state index is 5.92. The van der Waals surface area contributed by atoms with Gasteiger partial charge in [-0.15, -0.1) is 0 Å². The number of benzene rings is 1. The van der Waals surface area contributed by atoms with E-state index in [0.29, 0.717) is 0 Å². The second-order valence-corrected chi connectivity index (χ2v) is 5.67. The van der Waals surface area contributed by atoms with Crippen LogP contribution in [0.5, 0.6) is 5.75 Å². The zero-order chi connectivity index (χ0) is 16.5. The van der Waals surface area contributed by atoms with Crippen LogP contribution in [0.2, 0.25) is 0 Å². The van der Waals surface area contributed by atoms with Gasteiger partial charge in [-0.2, -0.15) is 0 Å². The second kappa shape index (κ2) is 5.81. The Morgan fingerprint density at radius 1 is 0.875 bits per heavy atom. The number of furan rings is 1. The van der Waals surface area contributed by atoms with Crippen LogP contribution in [0.4, 0.5) is 0 Å². The van der Waals surface area contributed by atoms with Crippen LogP contribution in [-0.2, 0) is 0 Å². The summed E-state index contributed by atoms with van der Waals surface area (Å²) in [6, 6.07) is 15.8. The third-order valence-corrected chi connectivity index (χ3v) is 3.95. The quantitative estimate of drug-likeness (QED) is 0.541. The van der Waals surface area contributed by atoms with E-state index in [9.17, 15) is 0 Å². The predicted octanol–water partition coefficient (Wildman–Crippen LogP) is 4.87. The van der Waals surface area contributed by atoms with Gasteiger partial charge in [0, 0.05) is 29.4 Å². The minimum atomic E-state index is 0.780. The van der Waals surface area contributed by atoms with E-state index in [1.807, 2.05) is 67.8 Å². The fourth-order valence-corrected chi connectivity index (χ4v) is 2.59. The first-order valence-corrected chi connectivity index (χ1v) is 7.70. The van der Waals surface area contributed by atoms with Gasteiger partial charge in [-0.1, -0.05) is 6.07 Å². The van der Waals surface area contributed by atoms with Crippen LogP contribution in [-0.4, -0.2) is 17.1 Å². The number of ether oxygens (including phenoxy) is 1. The Morgan fingerprint density at radius 3 is 2.33 bits per heavy atom. The molecule has 0 aliphatic carbocycles. The summed E-state index contributed by atoms with van der Waals surface area (Å²) in [5.41, 5.74) is 4.57. The van der Waals surface area contributed by atoms with Crippen molar-refractivity contribution < 1.29 is 9.15 Å². The molecule has 0 amide bonds. The van der Waals surface area contributed by atoms with E-state index in [-0.39, 0.29) is 0 Å². The Kier molecular flexibility index (Phi) is 3.50. The highest BCUT2D eigenvalue weighted by atomic mass is 16.5. The number of rotatable bonds is 3. The number of fused-ring (bicyclic) bond motifs is 1. The topological polar surface area (TPSA) is 48.2 Å². The Morgan fingerprint density at radius 2 is 1.67 bits per heavy atom. The van der Waals surface area contributed by atoms with Gasteiger partial charge in [0.1, 0.15) is 17.1 Å². The molecule has 4 heteroatoms. The molecule has 0 saturated heterocycles. The standard InChI is InChI=1S/C20H16N2O2/c1-13-3-7-17(21-11-13)18-8-5-15(12-22-18)19-9-14-4-6-16(23-2)10-20(14)24-19/h3-12H,1-2H3. The molecule has 0 aliphatic heterocycles. The highest BCUT2D eigenvalue weighted by Crippen LogP contribution is 2.30. The van der Waals surface area contributed by atoms with Crippen LogP contribution < -0.4 is 4.74 Å². The predicted molar refractivity (Wildman–Crippen MR) is 94.0 cm³/mol. The Labute approximate surface area is 139 Å². The molecule has 4 nitrogen and oxygen atoms in total. The minimum Gasteiger partial charge on any atom is -0.497 e. The summed E-state index contributed by atoms with van der Waals surface area (Å²) < 4.78 is 11.2.